The third kappa shape index (κ3) is 3.54. The van der Waals surface area contributed by atoms with Crippen LogP contribution in [0.2, 0.25) is 0 Å². The molecule has 2 N–H and O–H groups in total. The molecule has 1 amide bonds. The first-order valence-corrected chi connectivity index (χ1v) is 7.14. The van der Waals surface area contributed by atoms with Crippen molar-refractivity contribution >= 4 is 24.0 Å². The maximum Gasteiger partial charge on any atom is 0.229 e. The van der Waals surface area contributed by atoms with Crippen LogP contribution in [0.15, 0.2) is 42.9 Å². The van der Waals surface area contributed by atoms with Crippen molar-refractivity contribution < 1.29 is 4.79 Å². The van der Waals surface area contributed by atoms with Crippen molar-refractivity contribution in [2.75, 3.05) is 12.3 Å². The number of nitrogen functional groups attached to an aromatic ring is 1. The molecule has 0 bridgehead atoms. The van der Waals surface area contributed by atoms with Gasteiger partial charge in [0.05, 0.1) is 24.3 Å². The molecule has 1 aliphatic heterocycles. The summed E-state index contributed by atoms with van der Waals surface area (Å²) in [5, 5.41) is 0. The fourth-order valence-corrected chi connectivity index (χ4v) is 2.79. The first-order chi connectivity index (χ1) is 10.2. The molecule has 2 aromatic rings. The number of halogens is 1. The number of carbonyl (C=O) groups is 1. The highest BCUT2D eigenvalue weighted by molar-refractivity contribution is 5.85. The van der Waals surface area contributed by atoms with E-state index in [4.69, 9.17) is 5.73 Å². The minimum atomic E-state index is 0. The SMILES string of the molecule is Cl.Nc1ccc(CC(=O)N2CCCC2c2ccncc2)nc1. The van der Waals surface area contributed by atoms with E-state index >= 15 is 0 Å². The topological polar surface area (TPSA) is 72.1 Å². The van der Waals surface area contributed by atoms with Gasteiger partial charge in [-0.3, -0.25) is 14.8 Å². The van der Waals surface area contributed by atoms with E-state index in [1.54, 1.807) is 24.7 Å². The molecule has 1 aliphatic rings. The van der Waals surface area contributed by atoms with Crippen molar-refractivity contribution in [1.82, 2.24) is 14.9 Å². The molecular formula is C16H19ClN4O. The number of pyridine rings is 2. The first kappa shape index (κ1) is 16.2. The Bertz CT molecular complexity index is 618. The molecule has 0 aromatic carbocycles. The number of likely N-dealkylation sites (tertiary alicyclic amines) is 1. The van der Waals surface area contributed by atoms with Gasteiger partial charge in [0.25, 0.3) is 0 Å². The number of carbonyl (C=O) groups excluding carboxylic acids is 1. The molecule has 0 saturated carbocycles. The zero-order valence-corrected chi connectivity index (χ0v) is 13.0. The number of rotatable bonds is 3. The maximum absolute atomic E-state index is 12.5. The second-order valence-electron chi connectivity index (χ2n) is 5.29. The Morgan fingerprint density at radius 3 is 2.73 bits per heavy atom. The summed E-state index contributed by atoms with van der Waals surface area (Å²) in [6, 6.07) is 7.72. The van der Waals surface area contributed by atoms with Gasteiger partial charge in [-0.25, -0.2) is 0 Å². The van der Waals surface area contributed by atoms with Crippen LogP contribution in [0.25, 0.3) is 0 Å². The van der Waals surface area contributed by atoms with Crippen molar-refractivity contribution in [1.29, 1.82) is 0 Å². The Hall–Kier alpha value is -2.14. The van der Waals surface area contributed by atoms with Crippen LogP contribution in [0.1, 0.15) is 30.1 Å². The first-order valence-electron chi connectivity index (χ1n) is 7.14. The lowest BCUT2D eigenvalue weighted by Crippen LogP contribution is -2.32. The van der Waals surface area contributed by atoms with Crippen LogP contribution < -0.4 is 5.73 Å². The molecule has 5 nitrogen and oxygen atoms in total. The fraction of sp³-hybridized carbons (Fsp3) is 0.312. The summed E-state index contributed by atoms with van der Waals surface area (Å²) in [6.07, 6.45) is 7.50. The summed E-state index contributed by atoms with van der Waals surface area (Å²) in [5.41, 5.74) is 8.14. The number of nitrogens with zero attached hydrogens (tertiary/aromatic N) is 3. The quantitative estimate of drug-likeness (QED) is 0.943. The minimum Gasteiger partial charge on any atom is -0.397 e. The molecule has 0 aliphatic carbocycles. The van der Waals surface area contributed by atoms with Gasteiger partial charge in [0, 0.05) is 24.6 Å². The van der Waals surface area contributed by atoms with Crippen molar-refractivity contribution in [3.05, 3.63) is 54.1 Å². The van der Waals surface area contributed by atoms with Gasteiger partial charge in [0.2, 0.25) is 5.91 Å². The maximum atomic E-state index is 12.5. The van der Waals surface area contributed by atoms with Crippen molar-refractivity contribution in [2.24, 2.45) is 0 Å². The average molecular weight is 319 g/mol. The standard InChI is InChI=1S/C16H18N4O.ClH/c17-13-3-4-14(19-11-13)10-16(21)20-9-1-2-15(20)12-5-7-18-8-6-12;/h3-8,11,15H,1-2,9-10,17H2;1H. The predicted octanol–water partition coefficient (Wildman–Crippen LogP) is 2.39. The molecule has 1 atom stereocenters. The lowest BCUT2D eigenvalue weighted by molar-refractivity contribution is -0.131. The molecule has 22 heavy (non-hydrogen) atoms. The van der Waals surface area contributed by atoms with Gasteiger partial charge in [-0.1, -0.05) is 0 Å². The molecular weight excluding hydrogens is 300 g/mol. The van der Waals surface area contributed by atoms with E-state index < -0.39 is 0 Å². The van der Waals surface area contributed by atoms with Crippen LogP contribution in [0.4, 0.5) is 5.69 Å². The van der Waals surface area contributed by atoms with E-state index in [1.165, 1.54) is 0 Å². The Morgan fingerprint density at radius 1 is 1.27 bits per heavy atom. The monoisotopic (exact) mass is 318 g/mol. The Labute approximate surface area is 136 Å². The van der Waals surface area contributed by atoms with Crippen molar-refractivity contribution in [2.45, 2.75) is 25.3 Å². The van der Waals surface area contributed by atoms with Gasteiger partial charge in [0.15, 0.2) is 0 Å². The van der Waals surface area contributed by atoms with Gasteiger partial charge in [-0.2, -0.15) is 0 Å². The van der Waals surface area contributed by atoms with E-state index in [0.717, 1.165) is 30.6 Å². The van der Waals surface area contributed by atoms with Crippen LogP contribution in [-0.2, 0) is 11.2 Å². The summed E-state index contributed by atoms with van der Waals surface area (Å²) >= 11 is 0. The third-order valence-corrected chi connectivity index (χ3v) is 3.84. The average Bonchev–Trinajstić information content (AvgIpc) is 3.00. The predicted molar refractivity (Wildman–Crippen MR) is 87.5 cm³/mol. The highest BCUT2D eigenvalue weighted by Crippen LogP contribution is 2.31. The Balaban J connectivity index is 0.00000176. The Morgan fingerprint density at radius 2 is 2.05 bits per heavy atom. The number of nitrogens with two attached hydrogens (primary N) is 1. The number of hydrogen-bond acceptors (Lipinski definition) is 4. The molecule has 1 fully saturated rings. The zero-order valence-electron chi connectivity index (χ0n) is 12.2. The largest absolute Gasteiger partial charge is 0.397 e. The number of amides is 1. The number of aromatic nitrogens is 2. The molecule has 0 spiro atoms. The van der Waals surface area contributed by atoms with Crippen LogP contribution in [0.3, 0.4) is 0 Å². The van der Waals surface area contributed by atoms with Crippen LogP contribution >= 0.6 is 12.4 Å². The van der Waals surface area contributed by atoms with Gasteiger partial charge in [-0.15, -0.1) is 12.4 Å². The number of anilines is 1. The van der Waals surface area contributed by atoms with Gasteiger partial charge < -0.3 is 10.6 Å². The second kappa shape index (κ2) is 7.22. The fourth-order valence-electron chi connectivity index (χ4n) is 2.79. The minimum absolute atomic E-state index is 0. The highest BCUT2D eigenvalue weighted by Gasteiger charge is 2.29. The van der Waals surface area contributed by atoms with Gasteiger partial charge in [0.1, 0.15) is 0 Å². The smallest absolute Gasteiger partial charge is 0.229 e. The van der Waals surface area contributed by atoms with Crippen LogP contribution in [0, 0.1) is 0 Å². The summed E-state index contributed by atoms with van der Waals surface area (Å²) in [5.74, 6) is 0.117. The van der Waals surface area contributed by atoms with E-state index in [1.807, 2.05) is 23.1 Å². The van der Waals surface area contributed by atoms with E-state index in [2.05, 4.69) is 9.97 Å². The van der Waals surface area contributed by atoms with Crippen LogP contribution in [-0.4, -0.2) is 27.3 Å². The normalized spacial score (nSPS) is 17.1. The van der Waals surface area contributed by atoms with Crippen molar-refractivity contribution in [3.63, 3.8) is 0 Å². The van der Waals surface area contributed by atoms with E-state index in [-0.39, 0.29) is 24.4 Å². The molecule has 1 unspecified atom stereocenters. The number of hydrogen-bond donors (Lipinski definition) is 1. The highest BCUT2D eigenvalue weighted by atomic mass is 35.5. The summed E-state index contributed by atoms with van der Waals surface area (Å²) in [6.45, 7) is 0.806. The lowest BCUT2D eigenvalue weighted by Gasteiger charge is -2.25. The zero-order chi connectivity index (χ0) is 14.7. The molecule has 2 aromatic heterocycles. The van der Waals surface area contributed by atoms with Crippen molar-refractivity contribution in [3.8, 4) is 0 Å². The van der Waals surface area contributed by atoms with Crippen LogP contribution in [0.5, 0.6) is 0 Å². The van der Waals surface area contributed by atoms with E-state index in [0.29, 0.717) is 12.1 Å². The molecule has 0 radical (unpaired) electrons. The summed E-state index contributed by atoms with van der Waals surface area (Å²) in [7, 11) is 0. The molecule has 3 heterocycles. The Kier molecular flexibility index (Phi) is 5.33. The molecule has 116 valence electrons. The summed E-state index contributed by atoms with van der Waals surface area (Å²) < 4.78 is 0. The van der Waals surface area contributed by atoms with Gasteiger partial charge >= 0.3 is 0 Å². The van der Waals surface area contributed by atoms with Gasteiger partial charge in [-0.05, 0) is 42.7 Å². The third-order valence-electron chi connectivity index (χ3n) is 3.84. The second-order valence-corrected chi connectivity index (χ2v) is 5.29. The summed E-state index contributed by atoms with van der Waals surface area (Å²) in [4.78, 5) is 22.7. The molecule has 6 heteroatoms. The molecule has 3 rings (SSSR count). The lowest BCUT2D eigenvalue weighted by atomic mass is 10.1. The van der Waals surface area contributed by atoms with E-state index in [9.17, 15) is 4.79 Å². The molecule has 1 saturated heterocycles.